The number of nitrogens with zero attached hydrogens (tertiary/aromatic N) is 2. The Morgan fingerprint density at radius 1 is 1.40 bits per heavy atom. The first-order chi connectivity index (χ1) is 9.44. The molecule has 1 atom stereocenters. The van der Waals surface area contributed by atoms with Crippen molar-refractivity contribution in [3.63, 3.8) is 0 Å². The largest absolute Gasteiger partial charge is 0.372 e. The highest BCUT2D eigenvalue weighted by Crippen LogP contribution is 2.22. The molecule has 8 heteroatoms. The van der Waals surface area contributed by atoms with Crippen LogP contribution in [0.3, 0.4) is 0 Å². The highest BCUT2D eigenvalue weighted by molar-refractivity contribution is 7.89. The fraction of sp³-hybridized carbons (Fsp3) is 0.333. The molecule has 6 nitrogen and oxygen atoms in total. The molecule has 2 aromatic rings. The number of aromatic nitrogens is 2. The van der Waals surface area contributed by atoms with Crippen molar-refractivity contribution in [3.05, 3.63) is 34.4 Å². The molecule has 2 heterocycles. The van der Waals surface area contributed by atoms with E-state index in [2.05, 4.69) is 20.0 Å². The maximum Gasteiger partial charge on any atom is 0.244 e. The smallest absolute Gasteiger partial charge is 0.244 e. The van der Waals surface area contributed by atoms with Gasteiger partial charge in [0.05, 0.1) is 6.04 Å². The third-order valence-corrected chi connectivity index (χ3v) is 5.35. The Kier molecular flexibility index (Phi) is 4.36. The highest BCUT2D eigenvalue weighted by atomic mass is 32.2. The van der Waals surface area contributed by atoms with E-state index in [1.54, 1.807) is 26.2 Å². The Morgan fingerprint density at radius 2 is 2.15 bits per heavy atom. The SMILES string of the molecule is CNc1ncccc1S(=O)(=O)NC(C)c1nc(C)cs1. The zero-order valence-electron chi connectivity index (χ0n) is 11.4. The van der Waals surface area contributed by atoms with E-state index in [-0.39, 0.29) is 10.9 Å². The van der Waals surface area contributed by atoms with Gasteiger partial charge in [0, 0.05) is 24.3 Å². The first-order valence-electron chi connectivity index (χ1n) is 6.01. The van der Waals surface area contributed by atoms with Crippen molar-refractivity contribution in [1.29, 1.82) is 0 Å². The summed E-state index contributed by atoms with van der Waals surface area (Å²) >= 11 is 1.43. The molecule has 0 aromatic carbocycles. The Labute approximate surface area is 122 Å². The standard InChI is InChI=1S/C12H16N4O2S2/c1-8-7-19-12(15-8)9(2)16-20(17,18)10-5-4-6-14-11(10)13-3/h4-7,9,16H,1-3H3,(H,13,14). The number of aryl methyl sites for hydroxylation is 1. The van der Waals surface area contributed by atoms with E-state index >= 15 is 0 Å². The Bertz CT molecular complexity index is 697. The summed E-state index contributed by atoms with van der Waals surface area (Å²) in [6, 6.07) is 2.72. The molecule has 1 unspecified atom stereocenters. The molecule has 0 aliphatic rings. The van der Waals surface area contributed by atoms with Crippen LogP contribution in [-0.4, -0.2) is 25.4 Å². The molecule has 20 heavy (non-hydrogen) atoms. The van der Waals surface area contributed by atoms with Crippen LogP contribution < -0.4 is 10.0 Å². The van der Waals surface area contributed by atoms with Crippen LogP contribution >= 0.6 is 11.3 Å². The van der Waals surface area contributed by atoms with Gasteiger partial charge in [-0.1, -0.05) is 0 Å². The van der Waals surface area contributed by atoms with Gasteiger partial charge < -0.3 is 5.32 Å². The van der Waals surface area contributed by atoms with Crippen LogP contribution in [0.1, 0.15) is 23.7 Å². The maximum absolute atomic E-state index is 12.4. The molecule has 108 valence electrons. The lowest BCUT2D eigenvalue weighted by Crippen LogP contribution is -2.27. The second-order valence-corrected chi connectivity index (χ2v) is 6.84. The molecule has 0 aliphatic heterocycles. The van der Waals surface area contributed by atoms with Gasteiger partial charge in [-0.05, 0) is 26.0 Å². The zero-order chi connectivity index (χ0) is 14.8. The van der Waals surface area contributed by atoms with Gasteiger partial charge in [0.1, 0.15) is 15.7 Å². The molecule has 2 aromatic heterocycles. The Hall–Kier alpha value is -1.51. The summed E-state index contributed by atoms with van der Waals surface area (Å²) in [5, 5.41) is 5.40. The molecular weight excluding hydrogens is 296 g/mol. The molecule has 0 spiro atoms. The minimum absolute atomic E-state index is 0.127. The van der Waals surface area contributed by atoms with E-state index in [0.29, 0.717) is 5.82 Å². The van der Waals surface area contributed by atoms with Crippen LogP contribution in [0.5, 0.6) is 0 Å². The van der Waals surface area contributed by atoms with Crippen molar-refractivity contribution in [1.82, 2.24) is 14.7 Å². The van der Waals surface area contributed by atoms with Crippen molar-refractivity contribution in [2.75, 3.05) is 12.4 Å². The molecule has 0 aliphatic carbocycles. The van der Waals surface area contributed by atoms with Crippen LogP contribution in [0, 0.1) is 6.92 Å². The lowest BCUT2D eigenvalue weighted by Gasteiger charge is -2.13. The second-order valence-electron chi connectivity index (χ2n) is 4.27. The highest BCUT2D eigenvalue weighted by Gasteiger charge is 2.23. The van der Waals surface area contributed by atoms with Gasteiger partial charge in [0.2, 0.25) is 10.0 Å². The lowest BCUT2D eigenvalue weighted by molar-refractivity contribution is 0.566. The summed E-state index contributed by atoms with van der Waals surface area (Å²) in [5.74, 6) is 0.322. The van der Waals surface area contributed by atoms with Gasteiger partial charge in [-0.15, -0.1) is 11.3 Å². The van der Waals surface area contributed by atoms with Crippen LogP contribution in [-0.2, 0) is 10.0 Å². The second kappa shape index (κ2) is 5.86. The minimum atomic E-state index is -3.65. The quantitative estimate of drug-likeness (QED) is 0.881. The van der Waals surface area contributed by atoms with Gasteiger partial charge >= 0.3 is 0 Å². The molecule has 0 saturated carbocycles. The van der Waals surface area contributed by atoms with Gasteiger partial charge in [0.25, 0.3) is 0 Å². The number of hydrogen-bond acceptors (Lipinski definition) is 6. The van der Waals surface area contributed by atoms with E-state index in [4.69, 9.17) is 0 Å². The van der Waals surface area contributed by atoms with Gasteiger partial charge in [-0.3, -0.25) is 0 Å². The zero-order valence-corrected chi connectivity index (χ0v) is 13.0. The van der Waals surface area contributed by atoms with Crippen molar-refractivity contribution >= 4 is 27.2 Å². The lowest BCUT2D eigenvalue weighted by atomic mass is 10.4. The fourth-order valence-corrected chi connectivity index (χ4v) is 3.96. The molecule has 2 N–H and O–H groups in total. The Morgan fingerprint density at radius 3 is 2.75 bits per heavy atom. The molecule has 2 rings (SSSR count). The van der Waals surface area contributed by atoms with Crippen molar-refractivity contribution in [2.45, 2.75) is 24.8 Å². The minimum Gasteiger partial charge on any atom is -0.372 e. The van der Waals surface area contributed by atoms with Crippen molar-refractivity contribution in [2.24, 2.45) is 0 Å². The number of rotatable bonds is 5. The van der Waals surface area contributed by atoms with Crippen LogP contribution in [0.4, 0.5) is 5.82 Å². The van der Waals surface area contributed by atoms with E-state index in [0.717, 1.165) is 10.7 Å². The normalized spacial score (nSPS) is 13.2. The predicted molar refractivity (Wildman–Crippen MR) is 79.4 cm³/mol. The van der Waals surface area contributed by atoms with Crippen LogP contribution in [0.2, 0.25) is 0 Å². The third-order valence-electron chi connectivity index (χ3n) is 2.64. The number of anilines is 1. The number of thiazole rings is 1. The topological polar surface area (TPSA) is 84.0 Å². The van der Waals surface area contributed by atoms with Crippen molar-refractivity contribution < 1.29 is 8.42 Å². The molecule has 0 bridgehead atoms. The Balaban J connectivity index is 2.27. The van der Waals surface area contributed by atoms with Crippen LogP contribution in [0.15, 0.2) is 28.6 Å². The first-order valence-corrected chi connectivity index (χ1v) is 8.37. The number of nitrogens with one attached hydrogen (secondary N) is 2. The summed E-state index contributed by atoms with van der Waals surface area (Å²) in [6.45, 7) is 3.65. The van der Waals surface area contributed by atoms with E-state index in [1.165, 1.54) is 17.4 Å². The maximum atomic E-state index is 12.4. The van der Waals surface area contributed by atoms with E-state index in [1.807, 2.05) is 12.3 Å². The third kappa shape index (κ3) is 3.14. The van der Waals surface area contributed by atoms with E-state index in [9.17, 15) is 8.42 Å². The predicted octanol–water partition coefficient (Wildman–Crippen LogP) is 1.93. The summed E-state index contributed by atoms with van der Waals surface area (Å²) in [4.78, 5) is 8.42. The van der Waals surface area contributed by atoms with E-state index < -0.39 is 10.0 Å². The molecule has 0 amide bonds. The summed E-state index contributed by atoms with van der Waals surface area (Å²) in [5.41, 5.74) is 0.883. The van der Waals surface area contributed by atoms with Crippen LogP contribution in [0.25, 0.3) is 0 Å². The molecule has 0 saturated heterocycles. The average molecular weight is 312 g/mol. The number of hydrogen-bond donors (Lipinski definition) is 2. The van der Waals surface area contributed by atoms with Gasteiger partial charge in [-0.2, -0.15) is 0 Å². The summed E-state index contributed by atoms with van der Waals surface area (Å²) in [6.07, 6.45) is 1.54. The summed E-state index contributed by atoms with van der Waals surface area (Å²) in [7, 11) is -2.02. The first kappa shape index (κ1) is 14.9. The monoisotopic (exact) mass is 312 g/mol. The fourth-order valence-electron chi connectivity index (χ4n) is 1.71. The molecule has 0 radical (unpaired) electrons. The average Bonchev–Trinajstić information content (AvgIpc) is 2.85. The number of pyridine rings is 1. The number of sulfonamides is 1. The molecule has 0 fully saturated rings. The molecular formula is C12H16N4O2S2. The van der Waals surface area contributed by atoms with Gasteiger partial charge in [-0.25, -0.2) is 23.1 Å². The summed E-state index contributed by atoms with van der Waals surface area (Å²) < 4.78 is 27.4. The van der Waals surface area contributed by atoms with Crippen molar-refractivity contribution in [3.8, 4) is 0 Å². The van der Waals surface area contributed by atoms with Gasteiger partial charge in [0.15, 0.2) is 0 Å².